The summed E-state index contributed by atoms with van der Waals surface area (Å²) >= 11 is 4.13. The maximum atomic E-state index is 9.98. The molecule has 0 aromatic heterocycles. The number of rotatable bonds is 8. The van der Waals surface area contributed by atoms with Gasteiger partial charge in [-0.3, -0.25) is 0 Å². The zero-order valence-corrected chi connectivity index (χ0v) is 11.2. The van der Waals surface area contributed by atoms with Crippen molar-refractivity contribution in [3.8, 4) is 0 Å². The maximum absolute atomic E-state index is 9.98. The number of hydrogen-bond donors (Lipinski definition) is 3. The average Bonchev–Trinajstić information content (AvgIpc) is 2.04. The summed E-state index contributed by atoms with van der Waals surface area (Å²) in [6, 6.07) is 0. The van der Waals surface area contributed by atoms with Crippen LogP contribution in [0, 0.1) is 0 Å². The van der Waals surface area contributed by atoms with Gasteiger partial charge in [-0.25, -0.2) is 0 Å². The Morgan fingerprint density at radius 1 is 0.857 bits per heavy atom. The van der Waals surface area contributed by atoms with Crippen LogP contribution in [0.25, 0.3) is 0 Å². The molecule has 0 unspecified atom stereocenters. The Bertz CT molecular complexity index is 140. The number of hydrogen-bond acceptors (Lipinski definition) is 3. The van der Waals surface area contributed by atoms with Crippen molar-refractivity contribution < 1.29 is 9.79 Å². The van der Waals surface area contributed by atoms with E-state index in [1.54, 1.807) is 0 Å². The Morgan fingerprint density at radius 3 is 1.50 bits per heavy atom. The van der Waals surface area contributed by atoms with Crippen molar-refractivity contribution in [2.24, 2.45) is 0 Å². The Hall–Kier alpha value is 0.700. The van der Waals surface area contributed by atoms with Crippen LogP contribution < -0.4 is 0 Å². The molecule has 0 saturated carbocycles. The molecule has 0 atom stereocenters. The van der Waals surface area contributed by atoms with E-state index in [1.165, 1.54) is 0 Å². The number of unbranched alkanes of at least 4 members (excludes halogenated alkanes) is 4. The van der Waals surface area contributed by atoms with E-state index in [-0.39, 0.29) is 0 Å². The summed E-state index contributed by atoms with van der Waals surface area (Å²) in [6.45, 7) is 4.22. The van der Waals surface area contributed by atoms with E-state index in [9.17, 15) is 9.79 Å². The van der Waals surface area contributed by atoms with Gasteiger partial charge in [0, 0.05) is 0 Å². The molecule has 0 aliphatic carbocycles. The van der Waals surface area contributed by atoms with Crippen molar-refractivity contribution in [2.75, 3.05) is 12.3 Å². The standard InChI is InChI=1S/C10H25O2PS/c1-3-5-7-9-13(11,12,14)10-8-6-4-2/h11-12,14H,3-10H2,1-2H3. The summed E-state index contributed by atoms with van der Waals surface area (Å²) in [5.41, 5.74) is 0. The Kier molecular flexibility index (Phi) is 6.63. The van der Waals surface area contributed by atoms with Gasteiger partial charge in [-0.2, -0.15) is 0 Å². The van der Waals surface area contributed by atoms with Gasteiger partial charge in [-0.15, -0.1) is 0 Å². The first-order valence-electron chi connectivity index (χ1n) is 5.65. The predicted molar refractivity (Wildman–Crippen MR) is 69.1 cm³/mol. The molecule has 4 heteroatoms. The third kappa shape index (κ3) is 8.05. The summed E-state index contributed by atoms with van der Waals surface area (Å²) in [4.78, 5) is 20.0. The fraction of sp³-hybridized carbons (Fsp3) is 1.00. The second kappa shape index (κ2) is 6.32. The fourth-order valence-corrected chi connectivity index (χ4v) is 4.30. The second-order valence-corrected chi connectivity index (χ2v) is 10.5. The molecule has 0 aliphatic heterocycles. The molecule has 0 radical (unpaired) electrons. The molecule has 2 N–H and O–H groups in total. The van der Waals surface area contributed by atoms with Gasteiger partial charge < -0.3 is 0 Å². The van der Waals surface area contributed by atoms with Crippen LogP contribution >= 0.6 is 18.5 Å². The molecule has 0 bridgehead atoms. The van der Waals surface area contributed by atoms with E-state index in [0.29, 0.717) is 12.3 Å². The van der Waals surface area contributed by atoms with Crippen LogP contribution in [-0.2, 0) is 0 Å². The third-order valence-corrected chi connectivity index (χ3v) is 6.10. The monoisotopic (exact) mass is 240 g/mol. The zero-order valence-electron chi connectivity index (χ0n) is 9.45. The quantitative estimate of drug-likeness (QED) is 0.345. The fourth-order valence-electron chi connectivity index (χ4n) is 1.48. The van der Waals surface area contributed by atoms with Crippen molar-refractivity contribution in [3.05, 3.63) is 0 Å². The second-order valence-electron chi connectivity index (χ2n) is 4.20. The number of thiol groups is 1. The van der Waals surface area contributed by atoms with Gasteiger partial charge in [0.1, 0.15) is 0 Å². The Morgan fingerprint density at radius 2 is 1.21 bits per heavy atom. The van der Waals surface area contributed by atoms with Gasteiger partial charge in [0.05, 0.1) is 0 Å². The van der Waals surface area contributed by atoms with Crippen LogP contribution in [0.3, 0.4) is 0 Å². The molecule has 88 valence electrons. The first-order chi connectivity index (χ1) is 6.39. The van der Waals surface area contributed by atoms with E-state index in [2.05, 4.69) is 26.1 Å². The molecular formula is C10H25O2PS. The summed E-state index contributed by atoms with van der Waals surface area (Å²) in [5.74, 6) is 0. The normalized spacial score (nSPS) is 15.1. The molecule has 2 nitrogen and oxygen atoms in total. The van der Waals surface area contributed by atoms with Crippen LogP contribution in [0.15, 0.2) is 0 Å². The van der Waals surface area contributed by atoms with Gasteiger partial charge in [-0.1, -0.05) is 0 Å². The molecule has 0 aromatic rings. The Balaban J connectivity index is 3.82. The predicted octanol–water partition coefficient (Wildman–Crippen LogP) is 3.58. The van der Waals surface area contributed by atoms with Crippen LogP contribution in [0.5, 0.6) is 0 Å². The minimum absolute atomic E-state index is 0.492. The minimum atomic E-state index is -3.55. The molecule has 0 saturated heterocycles. The van der Waals surface area contributed by atoms with Gasteiger partial charge in [-0.05, 0) is 0 Å². The van der Waals surface area contributed by atoms with Crippen molar-refractivity contribution in [1.29, 1.82) is 0 Å². The van der Waals surface area contributed by atoms with Crippen molar-refractivity contribution in [2.45, 2.75) is 52.4 Å². The summed E-state index contributed by atoms with van der Waals surface area (Å²) in [6.07, 6.45) is 3.55. The molecule has 0 aliphatic rings. The van der Waals surface area contributed by atoms with Gasteiger partial charge in [0.15, 0.2) is 0 Å². The topological polar surface area (TPSA) is 40.5 Å². The van der Waals surface area contributed by atoms with E-state index in [0.717, 1.165) is 38.5 Å². The molecule has 0 amide bonds. The van der Waals surface area contributed by atoms with Crippen LogP contribution in [0.1, 0.15) is 52.4 Å². The van der Waals surface area contributed by atoms with Gasteiger partial charge in [0.2, 0.25) is 0 Å². The van der Waals surface area contributed by atoms with E-state index in [4.69, 9.17) is 0 Å². The van der Waals surface area contributed by atoms with Crippen molar-refractivity contribution >= 4 is 18.5 Å². The molecular weight excluding hydrogens is 215 g/mol. The third-order valence-electron chi connectivity index (χ3n) is 2.44. The first-order valence-corrected chi connectivity index (χ1v) is 9.31. The zero-order chi connectivity index (χ0) is 11.1. The van der Waals surface area contributed by atoms with Crippen molar-refractivity contribution in [3.63, 3.8) is 0 Å². The van der Waals surface area contributed by atoms with E-state index >= 15 is 0 Å². The van der Waals surface area contributed by atoms with E-state index < -0.39 is 6.26 Å². The van der Waals surface area contributed by atoms with Crippen LogP contribution in [0.4, 0.5) is 0 Å². The molecule has 0 aromatic carbocycles. The van der Waals surface area contributed by atoms with E-state index in [1.807, 2.05) is 0 Å². The molecule has 0 spiro atoms. The molecule has 0 rings (SSSR count). The van der Waals surface area contributed by atoms with Crippen LogP contribution in [0.2, 0.25) is 0 Å². The van der Waals surface area contributed by atoms with Gasteiger partial charge in [0.25, 0.3) is 0 Å². The van der Waals surface area contributed by atoms with Gasteiger partial charge >= 0.3 is 93.0 Å². The van der Waals surface area contributed by atoms with Crippen LogP contribution in [-0.4, -0.2) is 22.1 Å². The first kappa shape index (κ1) is 14.7. The van der Waals surface area contributed by atoms with Crippen molar-refractivity contribution in [1.82, 2.24) is 0 Å². The molecule has 0 heterocycles. The SMILES string of the molecule is CCCCCP(O)(O)(S)CCCCC. The molecule has 0 fully saturated rings. The average molecular weight is 240 g/mol. The Labute approximate surface area is 93.4 Å². The molecule has 14 heavy (non-hydrogen) atoms. The summed E-state index contributed by atoms with van der Waals surface area (Å²) in [7, 11) is 0. The summed E-state index contributed by atoms with van der Waals surface area (Å²) in [5, 5.41) is 0. The summed E-state index contributed by atoms with van der Waals surface area (Å²) < 4.78 is 0.